The summed E-state index contributed by atoms with van der Waals surface area (Å²) in [7, 11) is 0. The standard InChI is InChI=1S/C28H32N4O2/c1-19-8-12-22(13-9-19)16-24(17-30-27(34)21(3)33)32-26-7-5-4-6-25(26)31(28(32)29)18-23-14-10-20(2)11-15-23/h4-15,21,24,29,33H,16-18H2,1-3H3,(H,30,34)/t21-,24+/m1/s1. The predicted molar refractivity (Wildman–Crippen MR) is 135 cm³/mol. The molecule has 1 amide bonds. The molecule has 34 heavy (non-hydrogen) atoms. The van der Waals surface area contributed by atoms with Crippen LogP contribution in [0.3, 0.4) is 0 Å². The van der Waals surface area contributed by atoms with Crippen molar-refractivity contribution < 1.29 is 9.90 Å². The molecule has 3 aromatic carbocycles. The molecule has 0 aliphatic rings. The second-order valence-electron chi connectivity index (χ2n) is 9.02. The maximum atomic E-state index is 12.2. The number of nitrogens with one attached hydrogen (secondary N) is 2. The number of para-hydroxylation sites is 2. The average Bonchev–Trinajstić information content (AvgIpc) is 3.10. The van der Waals surface area contributed by atoms with E-state index in [1.165, 1.54) is 18.1 Å². The number of hydrogen-bond acceptors (Lipinski definition) is 3. The maximum absolute atomic E-state index is 12.2. The summed E-state index contributed by atoms with van der Waals surface area (Å²) in [4.78, 5) is 12.2. The minimum atomic E-state index is -1.08. The molecule has 0 radical (unpaired) electrons. The van der Waals surface area contributed by atoms with E-state index in [2.05, 4.69) is 67.7 Å². The lowest BCUT2D eigenvalue weighted by molar-refractivity contribution is -0.128. The Labute approximate surface area is 200 Å². The number of amides is 1. The van der Waals surface area contributed by atoms with Gasteiger partial charge in [0.2, 0.25) is 11.5 Å². The van der Waals surface area contributed by atoms with Crippen molar-refractivity contribution in [3.63, 3.8) is 0 Å². The van der Waals surface area contributed by atoms with Gasteiger partial charge in [-0.3, -0.25) is 10.2 Å². The van der Waals surface area contributed by atoms with Crippen LogP contribution in [0.1, 0.15) is 35.2 Å². The quantitative estimate of drug-likeness (QED) is 0.376. The summed E-state index contributed by atoms with van der Waals surface area (Å²) in [5.41, 5.74) is 6.95. The topological polar surface area (TPSA) is 83.0 Å². The summed E-state index contributed by atoms with van der Waals surface area (Å²) in [5.74, 6) is -0.413. The lowest BCUT2D eigenvalue weighted by atomic mass is 10.0. The van der Waals surface area contributed by atoms with Gasteiger partial charge in [0, 0.05) is 6.54 Å². The number of aromatic nitrogens is 2. The maximum Gasteiger partial charge on any atom is 0.248 e. The molecular weight excluding hydrogens is 424 g/mol. The van der Waals surface area contributed by atoms with Gasteiger partial charge in [-0.1, -0.05) is 71.8 Å². The van der Waals surface area contributed by atoms with Gasteiger partial charge < -0.3 is 19.6 Å². The van der Waals surface area contributed by atoms with E-state index < -0.39 is 12.0 Å². The Hall–Kier alpha value is -3.64. The van der Waals surface area contributed by atoms with Crippen molar-refractivity contribution in [1.29, 1.82) is 5.41 Å². The van der Waals surface area contributed by atoms with Gasteiger partial charge in [0.05, 0.1) is 23.6 Å². The molecule has 0 saturated heterocycles. The zero-order valence-corrected chi connectivity index (χ0v) is 20.0. The number of rotatable bonds is 8. The molecule has 176 valence electrons. The van der Waals surface area contributed by atoms with Gasteiger partial charge in [0.1, 0.15) is 6.10 Å². The molecule has 0 spiro atoms. The van der Waals surface area contributed by atoms with Crippen molar-refractivity contribution in [3.05, 3.63) is 101 Å². The second-order valence-corrected chi connectivity index (χ2v) is 9.02. The summed E-state index contributed by atoms with van der Waals surface area (Å²) in [6.07, 6.45) is -0.432. The largest absolute Gasteiger partial charge is 0.384 e. The minimum Gasteiger partial charge on any atom is -0.384 e. The summed E-state index contributed by atoms with van der Waals surface area (Å²) in [5, 5.41) is 21.7. The van der Waals surface area contributed by atoms with Crippen LogP contribution in [0, 0.1) is 19.3 Å². The molecule has 0 bridgehead atoms. The number of hydrogen-bond donors (Lipinski definition) is 3. The van der Waals surface area contributed by atoms with Crippen molar-refractivity contribution in [1.82, 2.24) is 14.5 Å². The molecule has 6 heteroatoms. The normalized spacial score (nSPS) is 13.1. The zero-order valence-electron chi connectivity index (χ0n) is 20.0. The molecule has 2 atom stereocenters. The highest BCUT2D eigenvalue weighted by atomic mass is 16.3. The molecule has 3 N–H and O–H groups in total. The lowest BCUT2D eigenvalue weighted by Gasteiger charge is -2.21. The van der Waals surface area contributed by atoms with Crippen LogP contribution >= 0.6 is 0 Å². The minimum absolute atomic E-state index is 0.193. The number of aryl methyl sites for hydroxylation is 2. The first-order valence-corrected chi connectivity index (χ1v) is 11.6. The van der Waals surface area contributed by atoms with E-state index in [9.17, 15) is 9.90 Å². The van der Waals surface area contributed by atoms with Gasteiger partial charge in [0.25, 0.3) is 0 Å². The molecule has 0 aliphatic carbocycles. The Morgan fingerprint density at radius 2 is 1.47 bits per heavy atom. The van der Waals surface area contributed by atoms with Crippen LogP contribution in [0.2, 0.25) is 0 Å². The molecule has 0 fully saturated rings. The van der Waals surface area contributed by atoms with Gasteiger partial charge in [-0.05, 0) is 50.5 Å². The van der Waals surface area contributed by atoms with Crippen molar-refractivity contribution >= 4 is 16.9 Å². The third-order valence-corrected chi connectivity index (χ3v) is 6.23. The SMILES string of the molecule is Cc1ccc(C[C@@H](CNC(=O)[C@@H](C)O)n2c(=N)n(Cc3ccc(C)cc3)c3ccccc32)cc1. The zero-order chi connectivity index (χ0) is 24.2. The first-order valence-electron chi connectivity index (χ1n) is 11.6. The van der Waals surface area contributed by atoms with E-state index >= 15 is 0 Å². The molecular formula is C28H32N4O2. The van der Waals surface area contributed by atoms with E-state index in [-0.39, 0.29) is 6.04 Å². The highest BCUT2D eigenvalue weighted by molar-refractivity contribution is 5.80. The summed E-state index contributed by atoms with van der Waals surface area (Å²) >= 11 is 0. The van der Waals surface area contributed by atoms with Crippen molar-refractivity contribution in [2.45, 2.75) is 45.9 Å². The van der Waals surface area contributed by atoms with Crippen LogP contribution in [0.25, 0.3) is 11.0 Å². The lowest BCUT2D eigenvalue weighted by Crippen LogP contribution is -2.40. The highest BCUT2D eigenvalue weighted by Crippen LogP contribution is 2.21. The number of fused-ring (bicyclic) bond motifs is 1. The number of nitrogens with zero attached hydrogens (tertiary/aromatic N) is 2. The van der Waals surface area contributed by atoms with Gasteiger partial charge in [0.15, 0.2) is 0 Å². The smallest absolute Gasteiger partial charge is 0.248 e. The van der Waals surface area contributed by atoms with Gasteiger partial charge in [-0.25, -0.2) is 0 Å². The Kier molecular flexibility index (Phi) is 6.98. The van der Waals surface area contributed by atoms with E-state index in [1.807, 2.05) is 33.4 Å². The average molecular weight is 457 g/mol. The van der Waals surface area contributed by atoms with Crippen molar-refractivity contribution in [2.75, 3.05) is 6.54 Å². The first kappa shape index (κ1) is 23.5. The van der Waals surface area contributed by atoms with E-state index in [1.54, 1.807) is 0 Å². The van der Waals surface area contributed by atoms with E-state index in [0.717, 1.165) is 22.2 Å². The Morgan fingerprint density at radius 1 is 0.912 bits per heavy atom. The monoisotopic (exact) mass is 456 g/mol. The number of aliphatic hydroxyl groups is 1. The second kappa shape index (κ2) is 10.1. The van der Waals surface area contributed by atoms with Crippen LogP contribution in [0.15, 0.2) is 72.8 Å². The molecule has 4 rings (SSSR count). The Morgan fingerprint density at radius 3 is 2.06 bits per heavy atom. The van der Waals surface area contributed by atoms with Crippen LogP contribution in [0.4, 0.5) is 0 Å². The van der Waals surface area contributed by atoms with Crippen LogP contribution in [-0.4, -0.2) is 32.8 Å². The van der Waals surface area contributed by atoms with Gasteiger partial charge >= 0.3 is 0 Å². The fourth-order valence-corrected chi connectivity index (χ4v) is 4.28. The number of benzene rings is 3. The van der Waals surface area contributed by atoms with Gasteiger partial charge in [-0.2, -0.15) is 0 Å². The molecule has 1 aromatic heterocycles. The molecule has 0 saturated carbocycles. The van der Waals surface area contributed by atoms with E-state index in [4.69, 9.17) is 5.41 Å². The molecule has 6 nitrogen and oxygen atoms in total. The summed E-state index contributed by atoms with van der Waals surface area (Å²) in [6.45, 7) is 6.48. The fourth-order valence-electron chi connectivity index (χ4n) is 4.28. The van der Waals surface area contributed by atoms with Gasteiger partial charge in [-0.15, -0.1) is 0 Å². The molecule has 1 heterocycles. The number of carbonyl (C=O) groups is 1. The third kappa shape index (κ3) is 5.13. The fraction of sp³-hybridized carbons (Fsp3) is 0.286. The van der Waals surface area contributed by atoms with E-state index in [0.29, 0.717) is 25.1 Å². The summed E-state index contributed by atoms with van der Waals surface area (Å²) < 4.78 is 4.02. The molecule has 0 unspecified atom stereocenters. The van der Waals surface area contributed by atoms with Crippen LogP contribution in [0.5, 0.6) is 0 Å². The molecule has 0 aliphatic heterocycles. The Bertz CT molecular complexity index is 1330. The van der Waals surface area contributed by atoms with Crippen molar-refractivity contribution in [2.24, 2.45) is 0 Å². The summed E-state index contributed by atoms with van der Waals surface area (Å²) in [6, 6.07) is 24.5. The Balaban J connectivity index is 1.77. The number of imidazole rings is 1. The van der Waals surface area contributed by atoms with Crippen LogP contribution in [-0.2, 0) is 17.8 Å². The highest BCUT2D eigenvalue weighted by Gasteiger charge is 2.21. The third-order valence-electron chi connectivity index (χ3n) is 6.23. The predicted octanol–water partition coefficient (Wildman–Crippen LogP) is 3.87. The van der Waals surface area contributed by atoms with Crippen LogP contribution < -0.4 is 10.9 Å². The van der Waals surface area contributed by atoms with Crippen molar-refractivity contribution in [3.8, 4) is 0 Å². The number of aliphatic hydroxyl groups excluding tert-OH is 1. The number of carbonyl (C=O) groups excluding carboxylic acids is 1. The first-order chi connectivity index (χ1) is 16.3. The molecule has 4 aromatic rings.